The number of Topliss-reactive ketones (excluding diaryl/α,β-unsaturated/α-hetero) is 1. The molecule has 2 aromatic rings. The Labute approximate surface area is 139 Å². The molecule has 2 aromatic carbocycles. The lowest BCUT2D eigenvalue weighted by atomic mass is 10.1. The summed E-state index contributed by atoms with van der Waals surface area (Å²) in [5.74, 6) is -0.764. The zero-order valence-corrected chi connectivity index (χ0v) is 13.2. The van der Waals surface area contributed by atoms with Crippen molar-refractivity contribution < 1.29 is 23.9 Å². The maximum Gasteiger partial charge on any atom is 0.407 e. The fourth-order valence-electron chi connectivity index (χ4n) is 1.94. The first-order valence-corrected chi connectivity index (χ1v) is 7.26. The van der Waals surface area contributed by atoms with Crippen LogP contribution in [0.4, 0.5) is 4.79 Å². The second-order valence-electron chi connectivity index (χ2n) is 4.91. The van der Waals surface area contributed by atoms with Crippen LogP contribution in [0.2, 0.25) is 0 Å². The Hall–Kier alpha value is -3.15. The lowest BCUT2D eigenvalue weighted by Crippen LogP contribution is -2.30. The summed E-state index contributed by atoms with van der Waals surface area (Å²) in [7, 11) is 1.28. The van der Waals surface area contributed by atoms with Gasteiger partial charge in [-0.15, -0.1) is 0 Å². The topological polar surface area (TPSA) is 81.7 Å². The molecule has 124 valence electrons. The van der Waals surface area contributed by atoms with E-state index in [1.54, 1.807) is 0 Å². The first-order chi connectivity index (χ1) is 11.6. The van der Waals surface area contributed by atoms with E-state index in [2.05, 4.69) is 10.1 Å². The number of ether oxygens (including phenoxy) is 2. The first kappa shape index (κ1) is 17.2. The van der Waals surface area contributed by atoms with Gasteiger partial charge < -0.3 is 14.8 Å². The van der Waals surface area contributed by atoms with E-state index in [-0.39, 0.29) is 18.9 Å². The number of amides is 1. The second kappa shape index (κ2) is 8.47. The maximum atomic E-state index is 12.0. The molecule has 6 heteroatoms. The summed E-state index contributed by atoms with van der Waals surface area (Å²) in [6.45, 7) is -0.0557. The van der Waals surface area contributed by atoms with Gasteiger partial charge in [0, 0.05) is 5.56 Å². The molecule has 0 atom stereocenters. The van der Waals surface area contributed by atoms with Gasteiger partial charge in [-0.1, -0.05) is 42.5 Å². The average Bonchev–Trinajstić information content (AvgIpc) is 2.64. The van der Waals surface area contributed by atoms with E-state index < -0.39 is 12.1 Å². The van der Waals surface area contributed by atoms with Crippen molar-refractivity contribution in [2.75, 3.05) is 13.7 Å². The number of hydrogen-bond donors (Lipinski definition) is 1. The summed E-state index contributed by atoms with van der Waals surface area (Å²) >= 11 is 0. The minimum absolute atomic E-state index is 0.134. The standard InChI is InChI=1S/C18H17NO5/c1-23-17(21)15-9-7-14(8-10-15)16(20)11-19-18(22)24-12-13-5-3-2-4-6-13/h2-10H,11-12H2,1H3,(H,19,22). The molecule has 0 radical (unpaired) electrons. The summed E-state index contributed by atoms with van der Waals surface area (Å²) in [5.41, 5.74) is 1.59. The van der Waals surface area contributed by atoms with E-state index in [9.17, 15) is 14.4 Å². The van der Waals surface area contributed by atoms with Gasteiger partial charge >= 0.3 is 12.1 Å². The van der Waals surface area contributed by atoms with Gasteiger partial charge in [-0.2, -0.15) is 0 Å². The minimum Gasteiger partial charge on any atom is -0.465 e. The first-order valence-electron chi connectivity index (χ1n) is 7.26. The van der Waals surface area contributed by atoms with Crippen molar-refractivity contribution in [3.8, 4) is 0 Å². The number of hydrogen-bond acceptors (Lipinski definition) is 5. The van der Waals surface area contributed by atoms with Gasteiger partial charge in [0.2, 0.25) is 0 Å². The molecule has 1 amide bonds. The number of rotatable bonds is 6. The van der Waals surface area contributed by atoms with Crippen LogP contribution in [0, 0.1) is 0 Å². The molecular formula is C18H17NO5. The number of benzene rings is 2. The Kier molecular flexibility index (Phi) is 6.08. The van der Waals surface area contributed by atoms with Crippen molar-refractivity contribution >= 4 is 17.8 Å². The molecule has 0 unspecified atom stereocenters. The van der Waals surface area contributed by atoms with Crippen LogP contribution < -0.4 is 5.32 Å². The Balaban J connectivity index is 1.79. The molecule has 0 bridgehead atoms. The summed E-state index contributed by atoms with van der Waals surface area (Å²) in [5, 5.41) is 2.40. The number of carbonyl (C=O) groups excluding carboxylic acids is 3. The lowest BCUT2D eigenvalue weighted by molar-refractivity contribution is 0.0600. The van der Waals surface area contributed by atoms with E-state index in [1.807, 2.05) is 30.3 Å². The van der Waals surface area contributed by atoms with Crippen molar-refractivity contribution in [2.24, 2.45) is 0 Å². The van der Waals surface area contributed by atoms with Gasteiger partial charge in [0.1, 0.15) is 6.61 Å². The maximum absolute atomic E-state index is 12.0. The van der Waals surface area contributed by atoms with E-state index in [4.69, 9.17) is 4.74 Å². The molecule has 1 N–H and O–H groups in total. The molecular weight excluding hydrogens is 310 g/mol. The number of alkyl carbamates (subject to hydrolysis) is 1. The normalized spacial score (nSPS) is 9.88. The van der Waals surface area contributed by atoms with E-state index >= 15 is 0 Å². The number of esters is 1. The van der Waals surface area contributed by atoms with Crippen LogP contribution in [0.15, 0.2) is 54.6 Å². The third-order valence-electron chi connectivity index (χ3n) is 3.23. The molecule has 0 saturated carbocycles. The van der Waals surface area contributed by atoms with Crippen LogP contribution in [0.3, 0.4) is 0 Å². The quantitative estimate of drug-likeness (QED) is 0.651. The fourth-order valence-corrected chi connectivity index (χ4v) is 1.94. The van der Waals surface area contributed by atoms with Gasteiger partial charge in [0.25, 0.3) is 0 Å². The van der Waals surface area contributed by atoms with Crippen LogP contribution >= 0.6 is 0 Å². The monoisotopic (exact) mass is 327 g/mol. The molecule has 24 heavy (non-hydrogen) atoms. The third-order valence-corrected chi connectivity index (χ3v) is 3.23. The summed E-state index contributed by atoms with van der Waals surface area (Å²) in [6, 6.07) is 15.2. The van der Waals surface area contributed by atoms with E-state index in [1.165, 1.54) is 31.4 Å². The van der Waals surface area contributed by atoms with Crippen LogP contribution in [-0.2, 0) is 16.1 Å². The minimum atomic E-state index is -0.668. The van der Waals surface area contributed by atoms with Crippen molar-refractivity contribution in [3.63, 3.8) is 0 Å². The third kappa shape index (κ3) is 4.95. The summed E-state index contributed by atoms with van der Waals surface area (Å²) in [6.07, 6.45) is -0.668. The summed E-state index contributed by atoms with van der Waals surface area (Å²) < 4.78 is 9.60. The highest BCUT2D eigenvalue weighted by molar-refractivity contribution is 5.99. The van der Waals surface area contributed by atoms with Crippen LogP contribution in [0.25, 0.3) is 0 Å². The van der Waals surface area contributed by atoms with Gasteiger partial charge in [-0.25, -0.2) is 9.59 Å². The predicted molar refractivity (Wildman–Crippen MR) is 86.7 cm³/mol. The average molecular weight is 327 g/mol. The highest BCUT2D eigenvalue weighted by Gasteiger charge is 2.11. The molecule has 0 saturated heterocycles. The molecule has 0 heterocycles. The van der Waals surface area contributed by atoms with E-state index in [0.717, 1.165) is 5.56 Å². The predicted octanol–water partition coefficient (Wildman–Crippen LogP) is 2.58. The smallest absolute Gasteiger partial charge is 0.407 e. The fraction of sp³-hybridized carbons (Fsp3) is 0.167. The van der Waals surface area contributed by atoms with Crippen LogP contribution in [0.5, 0.6) is 0 Å². The number of nitrogens with one attached hydrogen (secondary N) is 1. The Morgan fingerprint density at radius 3 is 2.17 bits per heavy atom. The molecule has 2 rings (SSSR count). The van der Waals surface area contributed by atoms with Gasteiger partial charge in [0.05, 0.1) is 19.2 Å². The van der Waals surface area contributed by atoms with Gasteiger partial charge in [-0.05, 0) is 17.7 Å². The Bertz CT molecular complexity index is 710. The highest BCUT2D eigenvalue weighted by Crippen LogP contribution is 2.06. The second-order valence-corrected chi connectivity index (χ2v) is 4.91. The van der Waals surface area contributed by atoms with Crippen molar-refractivity contribution in [1.29, 1.82) is 0 Å². The Morgan fingerprint density at radius 2 is 1.54 bits per heavy atom. The molecule has 0 aliphatic heterocycles. The molecule has 0 aliphatic rings. The summed E-state index contributed by atoms with van der Waals surface area (Å²) in [4.78, 5) is 34.9. The molecule has 0 fully saturated rings. The molecule has 0 aromatic heterocycles. The zero-order valence-electron chi connectivity index (χ0n) is 13.2. The molecule has 0 aliphatic carbocycles. The largest absolute Gasteiger partial charge is 0.465 e. The number of ketones is 1. The molecule has 0 spiro atoms. The Morgan fingerprint density at radius 1 is 0.917 bits per heavy atom. The number of methoxy groups -OCH3 is 1. The lowest BCUT2D eigenvalue weighted by Gasteiger charge is -2.07. The van der Waals surface area contributed by atoms with Crippen LogP contribution in [0.1, 0.15) is 26.3 Å². The van der Waals surface area contributed by atoms with Crippen molar-refractivity contribution in [2.45, 2.75) is 6.61 Å². The van der Waals surface area contributed by atoms with Crippen LogP contribution in [-0.4, -0.2) is 31.5 Å². The number of carbonyl (C=O) groups is 3. The van der Waals surface area contributed by atoms with Gasteiger partial charge in [0.15, 0.2) is 5.78 Å². The van der Waals surface area contributed by atoms with Gasteiger partial charge in [-0.3, -0.25) is 4.79 Å². The molecule has 6 nitrogen and oxygen atoms in total. The SMILES string of the molecule is COC(=O)c1ccc(C(=O)CNC(=O)OCc2ccccc2)cc1. The van der Waals surface area contributed by atoms with Crippen molar-refractivity contribution in [1.82, 2.24) is 5.32 Å². The van der Waals surface area contributed by atoms with E-state index in [0.29, 0.717) is 11.1 Å². The van der Waals surface area contributed by atoms with Crippen molar-refractivity contribution in [3.05, 3.63) is 71.3 Å². The zero-order chi connectivity index (χ0) is 17.4. The highest BCUT2D eigenvalue weighted by atomic mass is 16.5.